The van der Waals surface area contributed by atoms with Crippen molar-refractivity contribution in [3.8, 4) is 23.8 Å². The first-order chi connectivity index (χ1) is 14.5. The molecule has 2 aromatic rings. The molecular weight excluding hydrogens is 383 g/mol. The molecule has 1 amide bonds. The number of carbonyl (C=O) groups is 1. The van der Waals surface area contributed by atoms with Gasteiger partial charge in [0.1, 0.15) is 12.4 Å². The first-order valence-electron chi connectivity index (χ1n) is 9.97. The van der Waals surface area contributed by atoms with Crippen LogP contribution in [0, 0.1) is 18.2 Å². The van der Waals surface area contributed by atoms with Crippen molar-refractivity contribution in [1.82, 2.24) is 10.2 Å². The summed E-state index contributed by atoms with van der Waals surface area (Å²) in [6.07, 6.45) is 6.52. The van der Waals surface area contributed by atoms with Gasteiger partial charge in [-0.15, -0.1) is 6.42 Å². The fraction of sp³-hybridized carbons (Fsp3) is 0.375. The van der Waals surface area contributed by atoms with E-state index < -0.39 is 5.54 Å². The number of likely N-dealkylation sites (tertiary alicyclic amines) is 1. The number of nitrogens with zero attached hydrogens (tertiary/aromatic N) is 1. The molecule has 3 rings (SSSR count). The zero-order valence-corrected chi connectivity index (χ0v) is 17.4. The Morgan fingerprint density at radius 3 is 2.60 bits per heavy atom. The standard InChI is InChI=1S/C24H27FN2O3/c1-4-15-30-22-10-9-19(16-23(22)29-3)17-27-13-11-24(12-14-27,26-18(2)28)20-7-5-6-8-21(20)25/h1,5-10,16H,11-15,17H2,2-3H3,(H,26,28). The molecule has 30 heavy (non-hydrogen) atoms. The van der Waals surface area contributed by atoms with Gasteiger partial charge in [0.15, 0.2) is 11.5 Å². The second kappa shape index (κ2) is 9.64. The minimum absolute atomic E-state index is 0.154. The van der Waals surface area contributed by atoms with Gasteiger partial charge in [0, 0.05) is 32.1 Å². The predicted octanol–water partition coefficient (Wildman–Crippen LogP) is 3.47. The second-order valence-electron chi connectivity index (χ2n) is 7.50. The number of ether oxygens (including phenoxy) is 2. The molecule has 1 aliphatic heterocycles. The summed E-state index contributed by atoms with van der Waals surface area (Å²) in [4.78, 5) is 14.2. The molecule has 0 spiro atoms. The lowest BCUT2D eigenvalue weighted by Crippen LogP contribution is -2.52. The van der Waals surface area contributed by atoms with E-state index in [4.69, 9.17) is 15.9 Å². The van der Waals surface area contributed by atoms with Gasteiger partial charge in [0.05, 0.1) is 12.6 Å². The van der Waals surface area contributed by atoms with Gasteiger partial charge in [0.2, 0.25) is 5.91 Å². The molecule has 1 aliphatic rings. The van der Waals surface area contributed by atoms with Crippen LogP contribution < -0.4 is 14.8 Å². The van der Waals surface area contributed by atoms with Gasteiger partial charge >= 0.3 is 0 Å². The average molecular weight is 410 g/mol. The highest BCUT2D eigenvalue weighted by Gasteiger charge is 2.38. The minimum Gasteiger partial charge on any atom is -0.493 e. The van der Waals surface area contributed by atoms with Gasteiger partial charge in [-0.3, -0.25) is 9.69 Å². The van der Waals surface area contributed by atoms with Gasteiger partial charge < -0.3 is 14.8 Å². The van der Waals surface area contributed by atoms with Gasteiger partial charge in [0.25, 0.3) is 0 Å². The van der Waals surface area contributed by atoms with E-state index in [0.717, 1.165) is 25.2 Å². The van der Waals surface area contributed by atoms with Crippen molar-refractivity contribution in [2.24, 2.45) is 0 Å². The van der Waals surface area contributed by atoms with E-state index >= 15 is 0 Å². The van der Waals surface area contributed by atoms with Crippen molar-refractivity contribution >= 4 is 5.91 Å². The van der Waals surface area contributed by atoms with E-state index in [1.807, 2.05) is 24.3 Å². The topological polar surface area (TPSA) is 50.8 Å². The summed E-state index contributed by atoms with van der Waals surface area (Å²) in [6.45, 7) is 3.84. The summed E-state index contributed by atoms with van der Waals surface area (Å²) in [5.74, 6) is 3.26. The normalized spacial score (nSPS) is 15.8. The Balaban J connectivity index is 1.72. The van der Waals surface area contributed by atoms with E-state index in [9.17, 15) is 9.18 Å². The largest absolute Gasteiger partial charge is 0.493 e. The van der Waals surface area contributed by atoms with Crippen molar-refractivity contribution in [2.45, 2.75) is 31.8 Å². The summed E-state index contributed by atoms with van der Waals surface area (Å²) in [6, 6.07) is 12.5. The molecule has 158 valence electrons. The molecule has 1 saturated heterocycles. The van der Waals surface area contributed by atoms with E-state index in [2.05, 4.69) is 16.1 Å². The van der Waals surface area contributed by atoms with Gasteiger partial charge in [-0.05, 0) is 36.6 Å². The molecule has 1 N–H and O–H groups in total. The summed E-state index contributed by atoms with van der Waals surface area (Å²) >= 11 is 0. The van der Waals surface area contributed by atoms with Gasteiger partial charge in [-0.1, -0.05) is 30.2 Å². The Hall–Kier alpha value is -3.04. The Bertz CT molecular complexity index is 930. The predicted molar refractivity (Wildman–Crippen MR) is 114 cm³/mol. The fourth-order valence-electron chi connectivity index (χ4n) is 4.05. The molecule has 1 heterocycles. The molecule has 0 bridgehead atoms. The third-order valence-corrected chi connectivity index (χ3v) is 5.46. The van der Waals surface area contributed by atoms with Crippen molar-refractivity contribution in [3.63, 3.8) is 0 Å². The molecular formula is C24H27FN2O3. The van der Waals surface area contributed by atoms with Crippen LogP contribution in [0.5, 0.6) is 11.5 Å². The van der Waals surface area contributed by atoms with Crippen LogP contribution in [0.3, 0.4) is 0 Å². The highest BCUT2D eigenvalue weighted by molar-refractivity contribution is 5.74. The molecule has 6 heteroatoms. The van der Waals surface area contributed by atoms with E-state index in [1.54, 1.807) is 19.2 Å². The molecule has 0 aromatic heterocycles. The number of halogens is 1. The van der Waals surface area contributed by atoms with Crippen LogP contribution in [0.2, 0.25) is 0 Å². The van der Waals surface area contributed by atoms with Crippen molar-refractivity contribution < 1.29 is 18.7 Å². The van der Waals surface area contributed by atoms with Crippen LogP contribution in [-0.4, -0.2) is 37.6 Å². The molecule has 0 aliphatic carbocycles. The Labute approximate surface area is 177 Å². The van der Waals surface area contributed by atoms with Crippen molar-refractivity contribution in [2.75, 3.05) is 26.8 Å². The third-order valence-electron chi connectivity index (χ3n) is 5.46. The van der Waals surface area contributed by atoms with Crippen LogP contribution in [0.4, 0.5) is 4.39 Å². The third kappa shape index (κ3) is 4.92. The number of nitrogens with one attached hydrogen (secondary N) is 1. The number of hydrogen-bond acceptors (Lipinski definition) is 4. The zero-order chi connectivity index (χ0) is 21.6. The van der Waals surface area contributed by atoms with Crippen LogP contribution in [0.25, 0.3) is 0 Å². The lowest BCUT2D eigenvalue weighted by Gasteiger charge is -2.42. The van der Waals surface area contributed by atoms with Crippen LogP contribution >= 0.6 is 0 Å². The van der Waals surface area contributed by atoms with Crippen LogP contribution in [0.15, 0.2) is 42.5 Å². The number of piperidine rings is 1. The highest BCUT2D eigenvalue weighted by atomic mass is 19.1. The number of methoxy groups -OCH3 is 1. The number of rotatable bonds is 7. The number of carbonyl (C=O) groups excluding carboxylic acids is 1. The Kier molecular flexibility index (Phi) is 6.96. The monoisotopic (exact) mass is 410 g/mol. The SMILES string of the molecule is C#CCOc1ccc(CN2CCC(NC(C)=O)(c3ccccc3F)CC2)cc1OC. The maximum absolute atomic E-state index is 14.5. The molecule has 0 atom stereocenters. The first-order valence-corrected chi connectivity index (χ1v) is 9.97. The number of hydrogen-bond donors (Lipinski definition) is 1. The maximum Gasteiger partial charge on any atom is 0.217 e. The lowest BCUT2D eigenvalue weighted by molar-refractivity contribution is -0.121. The summed E-state index contributed by atoms with van der Waals surface area (Å²) in [5.41, 5.74) is 0.951. The number of amides is 1. The number of terminal acetylenes is 1. The average Bonchev–Trinajstić information content (AvgIpc) is 2.74. The van der Waals surface area contributed by atoms with Crippen LogP contribution in [0.1, 0.15) is 30.9 Å². The lowest BCUT2D eigenvalue weighted by atomic mass is 9.80. The maximum atomic E-state index is 14.5. The first kappa shape index (κ1) is 21.7. The summed E-state index contributed by atoms with van der Waals surface area (Å²) in [5, 5.41) is 3.02. The number of benzene rings is 2. The van der Waals surface area contributed by atoms with Gasteiger partial charge in [-0.25, -0.2) is 4.39 Å². The van der Waals surface area contributed by atoms with Crippen molar-refractivity contribution in [1.29, 1.82) is 0 Å². The Morgan fingerprint density at radius 2 is 1.97 bits per heavy atom. The van der Waals surface area contributed by atoms with Crippen molar-refractivity contribution in [3.05, 3.63) is 59.4 Å². The smallest absolute Gasteiger partial charge is 0.217 e. The quantitative estimate of drug-likeness (QED) is 0.710. The van der Waals surface area contributed by atoms with Crippen LogP contribution in [-0.2, 0) is 16.9 Å². The highest BCUT2D eigenvalue weighted by Crippen LogP contribution is 2.35. The van der Waals surface area contributed by atoms with Gasteiger partial charge in [-0.2, -0.15) is 0 Å². The fourth-order valence-corrected chi connectivity index (χ4v) is 4.05. The molecule has 0 radical (unpaired) electrons. The molecule has 0 unspecified atom stereocenters. The minimum atomic E-state index is -0.682. The molecule has 5 nitrogen and oxygen atoms in total. The summed E-state index contributed by atoms with van der Waals surface area (Å²) in [7, 11) is 1.60. The van der Waals surface area contributed by atoms with E-state index in [1.165, 1.54) is 13.0 Å². The van der Waals surface area contributed by atoms with E-state index in [-0.39, 0.29) is 18.3 Å². The zero-order valence-electron chi connectivity index (χ0n) is 17.4. The summed E-state index contributed by atoms with van der Waals surface area (Å²) < 4.78 is 25.4. The molecule has 2 aromatic carbocycles. The molecule has 1 fully saturated rings. The second-order valence-corrected chi connectivity index (χ2v) is 7.50. The van der Waals surface area contributed by atoms with E-state index in [0.29, 0.717) is 29.9 Å². The Morgan fingerprint density at radius 1 is 1.23 bits per heavy atom. The molecule has 0 saturated carbocycles.